The molecule has 3 rings (SSSR count). The summed E-state index contributed by atoms with van der Waals surface area (Å²) in [6.45, 7) is 1.68. The Morgan fingerprint density at radius 2 is 2.05 bits per heavy atom. The molecule has 1 atom stereocenters. The summed E-state index contributed by atoms with van der Waals surface area (Å²) in [4.78, 5) is 4.48. The number of nitrogens with two attached hydrogens (primary N) is 1. The number of anilines is 1. The van der Waals surface area contributed by atoms with E-state index in [2.05, 4.69) is 20.9 Å². The van der Waals surface area contributed by atoms with Crippen molar-refractivity contribution >= 4 is 44.3 Å². The minimum absolute atomic E-state index is 0.550. The Labute approximate surface area is 135 Å². The third-order valence-electron chi connectivity index (χ3n) is 3.24. The zero-order chi connectivity index (χ0) is 15.1. The van der Waals surface area contributed by atoms with Crippen LogP contribution in [0.3, 0.4) is 0 Å². The first kappa shape index (κ1) is 14.4. The topological polar surface area (TPSA) is 64.1 Å². The summed E-state index contributed by atoms with van der Waals surface area (Å²) in [5.41, 5.74) is 8.89. The van der Waals surface area contributed by atoms with Crippen molar-refractivity contribution in [3.63, 3.8) is 0 Å². The van der Waals surface area contributed by atoms with Crippen LogP contribution >= 0.6 is 27.5 Å². The smallest absolute Gasteiger partial charge is 0.143 e. The number of rotatable bonds is 2. The van der Waals surface area contributed by atoms with Crippen LogP contribution in [0.1, 0.15) is 18.9 Å². The molecule has 6 heteroatoms. The maximum atomic E-state index is 10.0. The molecular weight excluding hydrogens is 354 g/mol. The normalized spacial score (nSPS) is 12.8. The number of hydrogen-bond donors (Lipinski definition) is 2. The molecule has 1 aromatic heterocycles. The molecule has 3 N–H and O–H groups in total. The van der Waals surface area contributed by atoms with Gasteiger partial charge in [-0.3, -0.25) is 4.57 Å². The zero-order valence-electron chi connectivity index (χ0n) is 11.2. The van der Waals surface area contributed by atoms with E-state index in [0.29, 0.717) is 16.5 Å². The molecule has 21 heavy (non-hydrogen) atoms. The highest BCUT2D eigenvalue weighted by molar-refractivity contribution is 9.10. The Kier molecular flexibility index (Phi) is 3.65. The standard InChI is InChI=1S/C15H13BrClN3O/c1-8(21)15-19-13-6-9(18)2-5-14(13)20(15)10-3-4-11(16)12(17)7-10/h2-8,21H,18H2,1H3. The summed E-state index contributed by atoms with van der Waals surface area (Å²) in [6, 6.07) is 11.1. The highest BCUT2D eigenvalue weighted by Crippen LogP contribution is 2.30. The van der Waals surface area contributed by atoms with Crippen molar-refractivity contribution in [1.29, 1.82) is 0 Å². The van der Waals surface area contributed by atoms with E-state index >= 15 is 0 Å². The molecule has 0 radical (unpaired) electrons. The van der Waals surface area contributed by atoms with Gasteiger partial charge in [-0.15, -0.1) is 0 Å². The van der Waals surface area contributed by atoms with Crippen LogP contribution in [0.2, 0.25) is 5.02 Å². The van der Waals surface area contributed by atoms with Crippen molar-refractivity contribution in [1.82, 2.24) is 9.55 Å². The van der Waals surface area contributed by atoms with Crippen LogP contribution in [-0.2, 0) is 0 Å². The van der Waals surface area contributed by atoms with Gasteiger partial charge in [-0.1, -0.05) is 11.6 Å². The van der Waals surface area contributed by atoms with Gasteiger partial charge in [0, 0.05) is 15.8 Å². The van der Waals surface area contributed by atoms with Crippen LogP contribution in [0.4, 0.5) is 5.69 Å². The lowest BCUT2D eigenvalue weighted by Crippen LogP contribution is -2.04. The van der Waals surface area contributed by atoms with Gasteiger partial charge in [0.25, 0.3) is 0 Å². The van der Waals surface area contributed by atoms with Crippen LogP contribution in [0, 0.1) is 0 Å². The Morgan fingerprint density at radius 3 is 2.71 bits per heavy atom. The number of fused-ring (bicyclic) bond motifs is 1. The molecule has 0 aliphatic rings. The quantitative estimate of drug-likeness (QED) is 0.672. The van der Waals surface area contributed by atoms with E-state index in [1.807, 2.05) is 34.9 Å². The Bertz CT molecular complexity index is 829. The Morgan fingerprint density at radius 1 is 1.29 bits per heavy atom. The molecule has 1 heterocycles. The fraction of sp³-hybridized carbons (Fsp3) is 0.133. The highest BCUT2D eigenvalue weighted by atomic mass is 79.9. The van der Waals surface area contributed by atoms with Gasteiger partial charge in [-0.2, -0.15) is 0 Å². The van der Waals surface area contributed by atoms with Crippen molar-refractivity contribution in [2.45, 2.75) is 13.0 Å². The van der Waals surface area contributed by atoms with Crippen molar-refractivity contribution in [2.75, 3.05) is 5.73 Å². The van der Waals surface area contributed by atoms with E-state index in [4.69, 9.17) is 17.3 Å². The molecule has 0 amide bonds. The van der Waals surface area contributed by atoms with Gasteiger partial charge in [-0.05, 0) is 59.3 Å². The molecule has 2 aromatic carbocycles. The number of benzene rings is 2. The number of aliphatic hydroxyl groups excluding tert-OH is 1. The maximum absolute atomic E-state index is 10.0. The number of nitrogens with zero attached hydrogens (tertiary/aromatic N) is 2. The predicted molar refractivity (Wildman–Crippen MR) is 88.8 cm³/mol. The van der Waals surface area contributed by atoms with Crippen molar-refractivity contribution in [2.24, 2.45) is 0 Å². The van der Waals surface area contributed by atoms with E-state index in [0.717, 1.165) is 21.2 Å². The monoisotopic (exact) mass is 365 g/mol. The second-order valence-corrected chi connectivity index (χ2v) is 6.09. The van der Waals surface area contributed by atoms with Gasteiger partial charge < -0.3 is 10.8 Å². The third kappa shape index (κ3) is 2.52. The van der Waals surface area contributed by atoms with Crippen molar-refractivity contribution in [3.8, 4) is 5.69 Å². The Balaban J connectivity index is 2.33. The summed E-state index contributed by atoms with van der Waals surface area (Å²) >= 11 is 9.55. The van der Waals surface area contributed by atoms with Gasteiger partial charge in [0.05, 0.1) is 16.1 Å². The molecule has 1 unspecified atom stereocenters. The average molecular weight is 367 g/mol. The van der Waals surface area contributed by atoms with Crippen molar-refractivity contribution < 1.29 is 5.11 Å². The van der Waals surface area contributed by atoms with Crippen LogP contribution in [0.15, 0.2) is 40.9 Å². The molecule has 0 aliphatic carbocycles. The molecule has 0 saturated carbocycles. The largest absolute Gasteiger partial charge is 0.399 e. The van der Waals surface area contributed by atoms with E-state index in [1.54, 1.807) is 13.0 Å². The van der Waals surface area contributed by atoms with Gasteiger partial charge >= 0.3 is 0 Å². The third-order valence-corrected chi connectivity index (χ3v) is 4.47. The number of aliphatic hydroxyl groups is 1. The van der Waals surface area contributed by atoms with E-state index in [-0.39, 0.29) is 0 Å². The first-order chi connectivity index (χ1) is 9.97. The number of hydrogen-bond acceptors (Lipinski definition) is 3. The average Bonchev–Trinajstić information content (AvgIpc) is 2.80. The number of halogens is 2. The molecule has 0 aliphatic heterocycles. The first-order valence-electron chi connectivity index (χ1n) is 6.38. The van der Waals surface area contributed by atoms with Crippen LogP contribution in [0.25, 0.3) is 16.7 Å². The molecule has 0 bridgehead atoms. The minimum atomic E-state index is -0.707. The zero-order valence-corrected chi connectivity index (χ0v) is 13.6. The molecule has 3 aromatic rings. The summed E-state index contributed by atoms with van der Waals surface area (Å²) < 4.78 is 2.71. The molecular formula is C15H13BrClN3O. The Hall–Kier alpha value is -1.56. The number of aromatic nitrogens is 2. The second-order valence-electron chi connectivity index (χ2n) is 4.83. The second kappa shape index (κ2) is 5.33. The van der Waals surface area contributed by atoms with Gasteiger partial charge in [0.2, 0.25) is 0 Å². The minimum Gasteiger partial charge on any atom is -0.399 e. The van der Waals surface area contributed by atoms with Gasteiger partial charge in [0.15, 0.2) is 0 Å². The van der Waals surface area contributed by atoms with E-state index < -0.39 is 6.10 Å². The summed E-state index contributed by atoms with van der Waals surface area (Å²) in [6.07, 6.45) is -0.707. The SMILES string of the molecule is CC(O)c1nc2cc(N)ccc2n1-c1ccc(Br)c(Cl)c1. The van der Waals surface area contributed by atoms with Crippen LogP contribution in [0.5, 0.6) is 0 Å². The fourth-order valence-corrected chi connectivity index (χ4v) is 2.71. The lowest BCUT2D eigenvalue weighted by Gasteiger charge is -2.12. The fourth-order valence-electron chi connectivity index (χ4n) is 2.29. The maximum Gasteiger partial charge on any atom is 0.143 e. The molecule has 0 saturated heterocycles. The molecule has 0 fully saturated rings. The lowest BCUT2D eigenvalue weighted by atomic mass is 10.2. The lowest BCUT2D eigenvalue weighted by molar-refractivity contribution is 0.187. The molecule has 4 nitrogen and oxygen atoms in total. The number of imidazole rings is 1. The van der Waals surface area contributed by atoms with Gasteiger partial charge in [-0.25, -0.2) is 4.98 Å². The van der Waals surface area contributed by atoms with Crippen molar-refractivity contribution in [3.05, 3.63) is 51.7 Å². The van der Waals surface area contributed by atoms with Crippen LogP contribution in [-0.4, -0.2) is 14.7 Å². The van der Waals surface area contributed by atoms with E-state index in [1.165, 1.54) is 0 Å². The van der Waals surface area contributed by atoms with Crippen LogP contribution < -0.4 is 5.73 Å². The molecule has 108 valence electrons. The summed E-state index contributed by atoms with van der Waals surface area (Å²) in [5, 5.41) is 10.6. The highest BCUT2D eigenvalue weighted by Gasteiger charge is 2.17. The predicted octanol–water partition coefficient (Wildman–Crippen LogP) is 4.08. The summed E-state index contributed by atoms with van der Waals surface area (Å²) in [5.74, 6) is 0.550. The first-order valence-corrected chi connectivity index (χ1v) is 7.56. The van der Waals surface area contributed by atoms with Gasteiger partial charge in [0.1, 0.15) is 11.9 Å². The van der Waals surface area contributed by atoms with E-state index in [9.17, 15) is 5.11 Å². The summed E-state index contributed by atoms with van der Waals surface area (Å²) in [7, 11) is 0. The number of nitrogen functional groups attached to an aromatic ring is 1. The molecule has 0 spiro atoms.